The Labute approximate surface area is 112 Å². The number of phenolic OH excluding ortho intramolecular Hbond substituents is 1. The van der Waals surface area contributed by atoms with E-state index in [-0.39, 0.29) is 18.2 Å². The van der Waals surface area contributed by atoms with Crippen molar-refractivity contribution in [1.29, 1.82) is 0 Å². The van der Waals surface area contributed by atoms with Crippen molar-refractivity contribution >= 4 is 29.5 Å². The topological polar surface area (TPSA) is 84.3 Å². The number of phenols is 1. The van der Waals surface area contributed by atoms with E-state index in [0.29, 0.717) is 17.9 Å². The van der Waals surface area contributed by atoms with Crippen molar-refractivity contribution in [2.24, 2.45) is 0 Å². The Morgan fingerprint density at radius 2 is 1.83 bits per heavy atom. The fourth-order valence-electron chi connectivity index (χ4n) is 1.59. The van der Waals surface area contributed by atoms with Crippen molar-refractivity contribution in [3.05, 3.63) is 48.0 Å². The molecule has 96 valence electrons. The molecule has 18 heavy (non-hydrogen) atoms. The lowest BCUT2D eigenvalue weighted by molar-refractivity contribution is 0.475. The van der Waals surface area contributed by atoms with Crippen LogP contribution in [-0.4, -0.2) is 5.11 Å². The molecule has 0 heterocycles. The van der Waals surface area contributed by atoms with Crippen LogP contribution in [0.2, 0.25) is 0 Å². The summed E-state index contributed by atoms with van der Waals surface area (Å²) in [4.78, 5) is 0. The van der Waals surface area contributed by atoms with E-state index in [4.69, 9.17) is 11.5 Å². The molecule has 0 saturated heterocycles. The second-order valence-corrected chi connectivity index (χ2v) is 3.86. The van der Waals surface area contributed by atoms with Gasteiger partial charge in [0.1, 0.15) is 5.75 Å². The van der Waals surface area contributed by atoms with Crippen LogP contribution in [0.5, 0.6) is 5.75 Å². The van der Waals surface area contributed by atoms with E-state index < -0.39 is 0 Å². The van der Waals surface area contributed by atoms with Crippen LogP contribution in [-0.2, 0) is 6.54 Å². The van der Waals surface area contributed by atoms with Crippen molar-refractivity contribution in [3.63, 3.8) is 0 Å². The Balaban J connectivity index is 0.00000162. The van der Waals surface area contributed by atoms with Gasteiger partial charge in [0.05, 0.1) is 0 Å². The lowest BCUT2D eigenvalue weighted by atomic mass is 10.1. The van der Waals surface area contributed by atoms with Gasteiger partial charge in [-0.2, -0.15) is 0 Å². The van der Waals surface area contributed by atoms with Crippen LogP contribution >= 0.6 is 12.4 Å². The number of nitrogens with one attached hydrogen (secondary N) is 1. The number of aromatic hydroxyl groups is 1. The molecule has 0 aliphatic rings. The summed E-state index contributed by atoms with van der Waals surface area (Å²) in [5.74, 6) is 0.232. The molecule has 2 aromatic carbocycles. The number of nitrogens with two attached hydrogens (primary N) is 2. The summed E-state index contributed by atoms with van der Waals surface area (Å²) >= 11 is 0. The van der Waals surface area contributed by atoms with Crippen molar-refractivity contribution in [2.45, 2.75) is 6.54 Å². The highest BCUT2D eigenvalue weighted by atomic mass is 35.5. The first kappa shape index (κ1) is 14.0. The van der Waals surface area contributed by atoms with E-state index in [0.717, 1.165) is 11.3 Å². The van der Waals surface area contributed by atoms with E-state index in [9.17, 15) is 5.11 Å². The molecule has 0 aliphatic carbocycles. The fraction of sp³-hybridized carbons (Fsp3) is 0.0769. The molecule has 2 aromatic rings. The van der Waals surface area contributed by atoms with Gasteiger partial charge in [-0.15, -0.1) is 12.4 Å². The van der Waals surface area contributed by atoms with Gasteiger partial charge >= 0.3 is 0 Å². The zero-order valence-electron chi connectivity index (χ0n) is 9.76. The molecule has 0 radical (unpaired) electrons. The quantitative estimate of drug-likeness (QED) is 0.643. The van der Waals surface area contributed by atoms with Gasteiger partial charge < -0.3 is 21.9 Å². The van der Waals surface area contributed by atoms with Crippen LogP contribution in [0.3, 0.4) is 0 Å². The zero-order valence-corrected chi connectivity index (χ0v) is 10.6. The molecule has 0 aliphatic heterocycles. The number of rotatable bonds is 3. The summed E-state index contributed by atoms with van der Waals surface area (Å²) in [7, 11) is 0. The molecular weight excluding hydrogens is 250 g/mol. The highest BCUT2D eigenvalue weighted by Gasteiger charge is 2.00. The molecule has 6 N–H and O–H groups in total. The van der Waals surface area contributed by atoms with E-state index in [2.05, 4.69) is 5.32 Å². The van der Waals surface area contributed by atoms with E-state index in [1.54, 1.807) is 30.3 Å². The summed E-state index contributed by atoms with van der Waals surface area (Å²) in [5.41, 5.74) is 14.7. The van der Waals surface area contributed by atoms with Crippen LogP contribution < -0.4 is 16.8 Å². The Morgan fingerprint density at radius 3 is 2.56 bits per heavy atom. The van der Waals surface area contributed by atoms with Crippen molar-refractivity contribution in [1.82, 2.24) is 0 Å². The second kappa shape index (κ2) is 6.02. The van der Waals surface area contributed by atoms with Gasteiger partial charge in [-0.05, 0) is 35.9 Å². The molecule has 0 aromatic heterocycles. The third-order valence-electron chi connectivity index (χ3n) is 2.50. The SMILES string of the molecule is Cl.Nc1ccc(N)c(CNc2cccc(O)c2)c1. The second-order valence-electron chi connectivity index (χ2n) is 3.86. The standard InChI is InChI=1S/C13H15N3O.ClH/c14-10-4-5-13(15)9(6-10)8-16-11-2-1-3-12(17)7-11;/h1-7,16-17H,8,14-15H2;1H. The summed E-state index contributed by atoms with van der Waals surface area (Å²) in [5, 5.41) is 12.5. The molecular formula is C13H16ClN3O. The number of hydrogen-bond acceptors (Lipinski definition) is 4. The highest BCUT2D eigenvalue weighted by Crippen LogP contribution is 2.19. The Hall–Kier alpha value is -2.07. The summed E-state index contributed by atoms with van der Waals surface area (Å²) in [6.45, 7) is 0.570. The molecule has 0 amide bonds. The maximum atomic E-state index is 9.32. The Bertz CT molecular complexity index is 531. The number of hydrogen-bond donors (Lipinski definition) is 4. The van der Waals surface area contributed by atoms with Gasteiger partial charge in [-0.25, -0.2) is 0 Å². The van der Waals surface area contributed by atoms with E-state index in [1.165, 1.54) is 0 Å². The molecule has 0 saturated carbocycles. The van der Waals surface area contributed by atoms with Crippen LogP contribution in [0.15, 0.2) is 42.5 Å². The lowest BCUT2D eigenvalue weighted by Crippen LogP contribution is -2.03. The Morgan fingerprint density at radius 1 is 1.06 bits per heavy atom. The van der Waals surface area contributed by atoms with Gasteiger partial charge in [0, 0.05) is 29.7 Å². The van der Waals surface area contributed by atoms with E-state index in [1.807, 2.05) is 12.1 Å². The van der Waals surface area contributed by atoms with Crippen LogP contribution in [0, 0.1) is 0 Å². The molecule has 0 bridgehead atoms. The summed E-state index contributed by atoms with van der Waals surface area (Å²) < 4.78 is 0. The molecule has 0 unspecified atom stereocenters. The zero-order chi connectivity index (χ0) is 12.3. The lowest BCUT2D eigenvalue weighted by Gasteiger charge is -2.09. The first-order chi connectivity index (χ1) is 8.15. The molecule has 5 heteroatoms. The van der Waals surface area contributed by atoms with Gasteiger partial charge in [-0.3, -0.25) is 0 Å². The van der Waals surface area contributed by atoms with Gasteiger partial charge in [0.2, 0.25) is 0 Å². The molecule has 0 atom stereocenters. The largest absolute Gasteiger partial charge is 0.508 e. The fourth-order valence-corrected chi connectivity index (χ4v) is 1.59. The van der Waals surface area contributed by atoms with Crippen molar-refractivity contribution in [2.75, 3.05) is 16.8 Å². The molecule has 0 fully saturated rings. The predicted octanol–water partition coefficient (Wildman–Crippen LogP) is 2.59. The summed E-state index contributed by atoms with van der Waals surface area (Å²) in [6, 6.07) is 12.3. The van der Waals surface area contributed by atoms with Gasteiger partial charge in [-0.1, -0.05) is 6.07 Å². The van der Waals surface area contributed by atoms with Crippen LogP contribution in [0.25, 0.3) is 0 Å². The molecule has 2 rings (SSSR count). The van der Waals surface area contributed by atoms with Crippen LogP contribution in [0.1, 0.15) is 5.56 Å². The van der Waals surface area contributed by atoms with E-state index >= 15 is 0 Å². The number of benzene rings is 2. The maximum Gasteiger partial charge on any atom is 0.117 e. The minimum Gasteiger partial charge on any atom is -0.508 e. The van der Waals surface area contributed by atoms with Crippen LogP contribution in [0.4, 0.5) is 17.1 Å². The third-order valence-corrected chi connectivity index (χ3v) is 2.50. The Kier molecular flexibility index (Phi) is 4.68. The highest BCUT2D eigenvalue weighted by molar-refractivity contribution is 5.85. The number of anilines is 3. The third kappa shape index (κ3) is 3.46. The summed E-state index contributed by atoms with van der Waals surface area (Å²) in [6.07, 6.45) is 0. The van der Waals surface area contributed by atoms with Gasteiger partial charge in [0.25, 0.3) is 0 Å². The monoisotopic (exact) mass is 265 g/mol. The molecule has 4 nitrogen and oxygen atoms in total. The average Bonchev–Trinajstić information content (AvgIpc) is 2.30. The first-order valence-electron chi connectivity index (χ1n) is 5.32. The smallest absolute Gasteiger partial charge is 0.117 e. The van der Waals surface area contributed by atoms with Crippen molar-refractivity contribution < 1.29 is 5.11 Å². The maximum absolute atomic E-state index is 9.32. The molecule has 0 spiro atoms. The normalized spacial score (nSPS) is 9.56. The predicted molar refractivity (Wildman–Crippen MR) is 77.9 cm³/mol. The average molecular weight is 266 g/mol. The minimum atomic E-state index is 0. The number of nitrogen functional groups attached to an aromatic ring is 2. The number of halogens is 1. The minimum absolute atomic E-state index is 0. The van der Waals surface area contributed by atoms with Crippen molar-refractivity contribution in [3.8, 4) is 5.75 Å². The van der Waals surface area contributed by atoms with Gasteiger partial charge in [0.15, 0.2) is 0 Å². The first-order valence-corrected chi connectivity index (χ1v) is 5.32.